The van der Waals surface area contributed by atoms with Crippen LogP contribution in [0.5, 0.6) is 0 Å². The molecule has 3 aromatic heterocycles. The van der Waals surface area contributed by atoms with Gasteiger partial charge in [0.05, 0.1) is 5.69 Å². The molecule has 0 bridgehead atoms. The van der Waals surface area contributed by atoms with E-state index in [2.05, 4.69) is 25.0 Å². The number of rotatable bonds is 3. The van der Waals surface area contributed by atoms with Crippen LogP contribution in [-0.4, -0.2) is 29.7 Å². The summed E-state index contributed by atoms with van der Waals surface area (Å²) in [7, 11) is 0. The number of fused-ring (bicyclic) bond motifs is 1. The molecule has 0 spiro atoms. The van der Waals surface area contributed by atoms with E-state index in [1.165, 1.54) is 11.8 Å². The van der Waals surface area contributed by atoms with Gasteiger partial charge >= 0.3 is 0 Å². The summed E-state index contributed by atoms with van der Waals surface area (Å²) in [4.78, 5) is 17.2. The van der Waals surface area contributed by atoms with Crippen LogP contribution < -0.4 is 0 Å². The highest BCUT2D eigenvalue weighted by molar-refractivity contribution is 7.99. The van der Waals surface area contributed by atoms with Gasteiger partial charge in [-0.1, -0.05) is 18.2 Å². The number of hydrogen-bond donors (Lipinski definition) is 0. The van der Waals surface area contributed by atoms with Gasteiger partial charge in [0.1, 0.15) is 16.9 Å². The summed E-state index contributed by atoms with van der Waals surface area (Å²) in [5, 5.41) is 5.88. The van der Waals surface area contributed by atoms with Crippen LogP contribution in [0.2, 0.25) is 0 Å². The lowest BCUT2D eigenvalue weighted by Gasteiger charge is -1.99. The highest BCUT2D eigenvalue weighted by atomic mass is 32.2. The molecule has 0 aliphatic carbocycles. The first-order valence-corrected chi connectivity index (χ1v) is 7.43. The summed E-state index contributed by atoms with van der Waals surface area (Å²) in [6.07, 6.45) is 4.98. The average molecular weight is 306 g/mol. The Morgan fingerprint density at radius 2 is 1.73 bits per heavy atom. The topological polar surface area (TPSA) is 69.4 Å². The van der Waals surface area contributed by atoms with Crippen LogP contribution in [0.3, 0.4) is 0 Å². The van der Waals surface area contributed by atoms with E-state index in [0.29, 0.717) is 10.8 Å². The molecule has 0 saturated heterocycles. The minimum atomic E-state index is 0.620. The summed E-state index contributed by atoms with van der Waals surface area (Å²) in [6, 6.07) is 13.6. The lowest BCUT2D eigenvalue weighted by atomic mass is 10.3. The Labute approximate surface area is 130 Å². The molecule has 1 aromatic carbocycles. The molecule has 0 saturated carbocycles. The number of aromatic nitrogens is 6. The van der Waals surface area contributed by atoms with Gasteiger partial charge in [-0.15, -0.1) is 5.10 Å². The van der Waals surface area contributed by atoms with Crippen molar-refractivity contribution in [2.45, 2.75) is 10.2 Å². The van der Waals surface area contributed by atoms with Crippen molar-refractivity contribution in [2.75, 3.05) is 0 Å². The molecule has 0 unspecified atom stereocenters. The summed E-state index contributed by atoms with van der Waals surface area (Å²) in [5.41, 5.74) is 2.36. The molecular weight excluding hydrogens is 296 g/mol. The third-order valence-electron chi connectivity index (χ3n) is 2.99. The predicted octanol–water partition coefficient (Wildman–Crippen LogP) is 2.76. The molecule has 0 N–H and O–H groups in total. The predicted molar refractivity (Wildman–Crippen MR) is 82.8 cm³/mol. The van der Waals surface area contributed by atoms with Gasteiger partial charge in [-0.25, -0.2) is 19.6 Å². The van der Waals surface area contributed by atoms with E-state index >= 15 is 0 Å². The van der Waals surface area contributed by atoms with Crippen molar-refractivity contribution in [1.29, 1.82) is 0 Å². The van der Waals surface area contributed by atoms with Gasteiger partial charge in [-0.05, 0) is 36.0 Å². The Kier molecular flexibility index (Phi) is 3.24. The lowest BCUT2D eigenvalue weighted by molar-refractivity contribution is 0.834. The van der Waals surface area contributed by atoms with Crippen LogP contribution in [0.15, 0.2) is 71.4 Å². The monoisotopic (exact) mass is 306 g/mol. The minimum absolute atomic E-state index is 0.620. The average Bonchev–Trinajstić information content (AvgIpc) is 3.04. The normalized spacial score (nSPS) is 10.9. The van der Waals surface area contributed by atoms with Crippen LogP contribution in [0.25, 0.3) is 16.9 Å². The quantitative estimate of drug-likeness (QED) is 0.579. The molecule has 0 amide bonds. The highest BCUT2D eigenvalue weighted by Gasteiger charge is 2.07. The zero-order valence-electron chi connectivity index (χ0n) is 11.4. The van der Waals surface area contributed by atoms with E-state index in [-0.39, 0.29) is 0 Å². The summed E-state index contributed by atoms with van der Waals surface area (Å²) < 4.78 is 1.74. The van der Waals surface area contributed by atoms with Crippen molar-refractivity contribution in [2.24, 2.45) is 0 Å². The fraction of sp³-hybridized carbons (Fsp3) is 0. The van der Waals surface area contributed by atoms with E-state index in [0.717, 1.165) is 16.2 Å². The number of benzene rings is 1. The lowest BCUT2D eigenvalue weighted by Crippen LogP contribution is -1.94. The first-order chi connectivity index (χ1) is 10.9. The fourth-order valence-electron chi connectivity index (χ4n) is 1.99. The largest absolute Gasteiger partial charge is 0.251 e. The van der Waals surface area contributed by atoms with Crippen molar-refractivity contribution < 1.29 is 0 Å². The molecule has 3 heterocycles. The molecule has 0 aliphatic rings. The van der Waals surface area contributed by atoms with Crippen molar-refractivity contribution in [3.8, 4) is 5.69 Å². The molecule has 22 heavy (non-hydrogen) atoms. The highest BCUT2D eigenvalue weighted by Crippen LogP contribution is 2.24. The van der Waals surface area contributed by atoms with Gasteiger partial charge in [0.25, 0.3) is 0 Å². The van der Waals surface area contributed by atoms with Gasteiger partial charge in [0, 0.05) is 12.4 Å². The number of para-hydroxylation sites is 1. The maximum absolute atomic E-state index is 4.45. The Morgan fingerprint density at radius 1 is 0.864 bits per heavy atom. The van der Waals surface area contributed by atoms with Gasteiger partial charge in [-0.2, -0.15) is 0 Å². The zero-order valence-corrected chi connectivity index (χ0v) is 12.2. The van der Waals surface area contributed by atoms with Crippen LogP contribution in [-0.2, 0) is 0 Å². The van der Waals surface area contributed by atoms with Gasteiger partial charge in [0.2, 0.25) is 5.16 Å². The van der Waals surface area contributed by atoms with Crippen molar-refractivity contribution >= 4 is 22.9 Å². The smallest absolute Gasteiger partial charge is 0.215 e. The second-order valence-electron chi connectivity index (χ2n) is 4.46. The zero-order chi connectivity index (χ0) is 14.8. The number of nitrogens with zero attached hydrogens (tertiary/aromatic N) is 6. The first-order valence-electron chi connectivity index (χ1n) is 6.61. The molecule has 6 nitrogen and oxygen atoms in total. The molecule has 7 heteroatoms. The third-order valence-corrected chi connectivity index (χ3v) is 3.80. The Hall–Kier alpha value is -2.80. The van der Waals surface area contributed by atoms with Gasteiger partial charge < -0.3 is 0 Å². The maximum atomic E-state index is 4.45. The van der Waals surface area contributed by atoms with E-state index in [9.17, 15) is 0 Å². The van der Waals surface area contributed by atoms with E-state index in [1.54, 1.807) is 23.4 Å². The van der Waals surface area contributed by atoms with Crippen molar-refractivity contribution in [1.82, 2.24) is 29.7 Å². The number of pyridine rings is 1. The van der Waals surface area contributed by atoms with Crippen LogP contribution in [0, 0.1) is 0 Å². The Morgan fingerprint density at radius 3 is 2.64 bits per heavy atom. The van der Waals surface area contributed by atoms with E-state index in [4.69, 9.17) is 0 Å². The second kappa shape index (κ2) is 5.53. The van der Waals surface area contributed by atoms with Crippen molar-refractivity contribution in [3.05, 3.63) is 61.2 Å². The third kappa shape index (κ3) is 2.53. The second-order valence-corrected chi connectivity index (χ2v) is 5.45. The molecule has 0 radical (unpaired) electrons. The molecule has 4 rings (SSSR count). The van der Waals surface area contributed by atoms with Crippen LogP contribution in [0.1, 0.15) is 0 Å². The molecule has 0 aliphatic heterocycles. The number of hydrogen-bond acceptors (Lipinski definition) is 6. The summed E-state index contributed by atoms with van der Waals surface area (Å²) in [5.74, 6) is 0. The fourth-order valence-corrected chi connectivity index (χ4v) is 2.67. The van der Waals surface area contributed by atoms with Gasteiger partial charge in [-0.3, -0.25) is 4.98 Å². The van der Waals surface area contributed by atoms with Gasteiger partial charge in [0.15, 0.2) is 5.65 Å². The molecule has 0 fully saturated rings. The van der Waals surface area contributed by atoms with E-state index in [1.807, 2.05) is 42.5 Å². The molecule has 4 aromatic rings. The van der Waals surface area contributed by atoms with Crippen LogP contribution in [0.4, 0.5) is 0 Å². The molecule has 0 atom stereocenters. The van der Waals surface area contributed by atoms with Crippen LogP contribution >= 0.6 is 11.8 Å². The summed E-state index contributed by atoms with van der Waals surface area (Å²) >= 11 is 1.40. The minimum Gasteiger partial charge on any atom is -0.251 e. The standard InChI is InChI=1S/C15H10N6S/c1-2-4-11(5-3-1)21-10-18-15(20-21)22-13-7-6-12-14(19-13)17-9-8-16-12/h1-10H. The SMILES string of the molecule is c1ccc(-n2cnc(Sc3ccc4nccnc4n3)n2)cc1. The summed E-state index contributed by atoms with van der Waals surface area (Å²) in [6.45, 7) is 0. The molecular formula is C15H10N6S. The molecule has 106 valence electrons. The van der Waals surface area contributed by atoms with E-state index < -0.39 is 0 Å². The van der Waals surface area contributed by atoms with Crippen molar-refractivity contribution in [3.63, 3.8) is 0 Å². The maximum Gasteiger partial charge on any atom is 0.215 e. The Bertz CT molecular complexity index is 921. The Balaban J connectivity index is 1.61. The first kappa shape index (κ1) is 12.9.